The molecule has 0 spiro atoms. The highest BCUT2D eigenvalue weighted by atomic mass is 16.5. The fourth-order valence-corrected chi connectivity index (χ4v) is 2.99. The van der Waals surface area contributed by atoms with Crippen LogP contribution in [0.5, 0.6) is 0 Å². The van der Waals surface area contributed by atoms with Gasteiger partial charge < -0.3 is 10.1 Å². The lowest BCUT2D eigenvalue weighted by atomic mass is 10.1. The zero-order valence-corrected chi connectivity index (χ0v) is 16.6. The number of nitrogens with zero attached hydrogens (tertiary/aromatic N) is 1. The van der Waals surface area contributed by atoms with Crippen LogP contribution in [0.25, 0.3) is 0 Å². The Morgan fingerprint density at radius 1 is 0.967 bits per heavy atom. The number of rotatable bonds is 4. The van der Waals surface area contributed by atoms with E-state index in [9.17, 15) is 24.0 Å². The average Bonchev–Trinajstić information content (AvgIpc) is 2.97. The third-order valence-electron chi connectivity index (χ3n) is 4.54. The summed E-state index contributed by atoms with van der Waals surface area (Å²) in [6, 6.07) is 8.70. The first-order chi connectivity index (χ1) is 14.2. The van der Waals surface area contributed by atoms with Gasteiger partial charge in [0.1, 0.15) is 0 Å². The lowest BCUT2D eigenvalue weighted by Gasteiger charge is -2.17. The Bertz CT molecular complexity index is 1090. The van der Waals surface area contributed by atoms with Crippen molar-refractivity contribution in [2.45, 2.75) is 13.8 Å². The fraction of sp³-hybridized carbons (Fsp3) is 0.190. The molecule has 9 nitrogen and oxygen atoms in total. The van der Waals surface area contributed by atoms with Crippen LogP contribution in [-0.4, -0.2) is 43.4 Å². The Balaban J connectivity index is 1.80. The number of ether oxygens (including phenoxy) is 1. The van der Waals surface area contributed by atoms with Gasteiger partial charge in [0.05, 0.1) is 22.4 Å². The maximum atomic E-state index is 12.9. The van der Waals surface area contributed by atoms with Crippen LogP contribution < -0.4 is 15.5 Å². The predicted molar refractivity (Wildman–Crippen MR) is 106 cm³/mol. The smallest absolute Gasteiger partial charge is 0.338 e. The molecule has 0 unspecified atom stereocenters. The lowest BCUT2D eigenvalue weighted by Crippen LogP contribution is -2.39. The number of carbonyl (C=O) groups excluding carboxylic acids is 5. The number of nitrogens with one attached hydrogen (secondary N) is 2. The van der Waals surface area contributed by atoms with Gasteiger partial charge in [-0.15, -0.1) is 0 Å². The molecule has 1 aliphatic heterocycles. The summed E-state index contributed by atoms with van der Waals surface area (Å²) in [4.78, 5) is 61.6. The Labute approximate surface area is 172 Å². The van der Waals surface area contributed by atoms with E-state index < -0.39 is 36.3 Å². The van der Waals surface area contributed by atoms with Crippen LogP contribution in [0, 0.1) is 13.8 Å². The molecule has 0 radical (unpaired) electrons. The molecule has 2 aromatic rings. The van der Waals surface area contributed by atoms with Crippen molar-refractivity contribution in [3.8, 4) is 0 Å². The van der Waals surface area contributed by atoms with Crippen LogP contribution in [-0.2, 0) is 9.53 Å². The highest BCUT2D eigenvalue weighted by Crippen LogP contribution is 2.31. The number of anilines is 1. The normalized spacial score (nSPS) is 12.4. The number of fused-ring (bicyclic) bond motifs is 1. The molecular formula is C21H19N3O6. The van der Waals surface area contributed by atoms with E-state index in [0.29, 0.717) is 5.69 Å². The maximum Gasteiger partial charge on any atom is 0.338 e. The number of carbonyl (C=O) groups is 5. The molecule has 30 heavy (non-hydrogen) atoms. The largest absolute Gasteiger partial charge is 0.452 e. The van der Waals surface area contributed by atoms with E-state index >= 15 is 0 Å². The van der Waals surface area contributed by atoms with E-state index in [2.05, 4.69) is 5.32 Å². The Kier molecular flexibility index (Phi) is 5.63. The molecular weight excluding hydrogens is 390 g/mol. The second-order valence-electron chi connectivity index (χ2n) is 6.70. The summed E-state index contributed by atoms with van der Waals surface area (Å²) < 4.78 is 4.86. The van der Waals surface area contributed by atoms with Gasteiger partial charge in [0.25, 0.3) is 17.7 Å². The van der Waals surface area contributed by atoms with Gasteiger partial charge in [0, 0.05) is 7.05 Å². The Hall–Kier alpha value is -4.01. The summed E-state index contributed by atoms with van der Waals surface area (Å²) in [7, 11) is 1.33. The second-order valence-corrected chi connectivity index (χ2v) is 6.70. The monoisotopic (exact) mass is 409 g/mol. The van der Waals surface area contributed by atoms with Gasteiger partial charge in [-0.1, -0.05) is 12.1 Å². The molecule has 0 bridgehead atoms. The summed E-state index contributed by atoms with van der Waals surface area (Å²) in [6.45, 7) is 2.98. The van der Waals surface area contributed by atoms with Crippen LogP contribution in [0.1, 0.15) is 42.2 Å². The van der Waals surface area contributed by atoms with Gasteiger partial charge in [-0.3, -0.25) is 19.7 Å². The van der Waals surface area contributed by atoms with Gasteiger partial charge in [-0.05, 0) is 49.2 Å². The van der Waals surface area contributed by atoms with Crippen LogP contribution in [0.4, 0.5) is 10.5 Å². The number of urea groups is 1. The molecule has 3 rings (SSSR count). The molecule has 1 heterocycles. The molecule has 0 aromatic heterocycles. The Morgan fingerprint density at radius 3 is 2.37 bits per heavy atom. The minimum Gasteiger partial charge on any atom is -0.452 e. The van der Waals surface area contributed by atoms with Crippen LogP contribution >= 0.6 is 0 Å². The molecule has 0 aliphatic carbocycles. The van der Waals surface area contributed by atoms with E-state index in [1.165, 1.54) is 25.2 Å². The molecule has 0 saturated carbocycles. The molecule has 0 atom stereocenters. The standard InChI is InChI=1S/C21H19N3O6/c1-11-4-5-12(2)16(8-11)24-18(26)14-7-6-13(9-15(14)19(24)27)20(28)30-10-17(25)23-21(29)22-3/h4-9H,10H2,1-3H3,(H2,22,23,25,29). The molecule has 2 aromatic carbocycles. The third kappa shape index (κ3) is 3.90. The average molecular weight is 409 g/mol. The first kappa shape index (κ1) is 20.7. The zero-order chi connectivity index (χ0) is 22.0. The number of benzene rings is 2. The van der Waals surface area contributed by atoms with E-state index in [1.807, 2.05) is 24.4 Å². The summed E-state index contributed by atoms with van der Waals surface area (Å²) in [5.74, 6) is -2.70. The van der Waals surface area contributed by atoms with Crippen molar-refractivity contribution in [1.82, 2.24) is 10.6 Å². The number of aryl methyl sites for hydroxylation is 2. The number of esters is 1. The Morgan fingerprint density at radius 2 is 1.67 bits per heavy atom. The van der Waals surface area contributed by atoms with E-state index in [4.69, 9.17) is 4.74 Å². The minimum absolute atomic E-state index is 0.00505. The fourth-order valence-electron chi connectivity index (χ4n) is 2.99. The van der Waals surface area contributed by atoms with Crippen molar-refractivity contribution in [3.63, 3.8) is 0 Å². The van der Waals surface area contributed by atoms with Gasteiger partial charge in [0.15, 0.2) is 6.61 Å². The predicted octanol–water partition coefficient (Wildman–Crippen LogP) is 1.72. The zero-order valence-electron chi connectivity index (χ0n) is 16.6. The second kappa shape index (κ2) is 8.16. The van der Waals surface area contributed by atoms with Crippen molar-refractivity contribution >= 4 is 35.4 Å². The van der Waals surface area contributed by atoms with E-state index in [0.717, 1.165) is 16.0 Å². The van der Waals surface area contributed by atoms with Crippen molar-refractivity contribution in [2.24, 2.45) is 0 Å². The van der Waals surface area contributed by atoms with Gasteiger partial charge in [-0.25, -0.2) is 14.5 Å². The topological polar surface area (TPSA) is 122 Å². The van der Waals surface area contributed by atoms with Crippen molar-refractivity contribution < 1.29 is 28.7 Å². The van der Waals surface area contributed by atoms with Crippen molar-refractivity contribution in [2.75, 3.05) is 18.6 Å². The number of hydrogen-bond acceptors (Lipinski definition) is 6. The number of imide groups is 2. The molecule has 5 amide bonds. The van der Waals surface area contributed by atoms with Gasteiger partial charge in [0.2, 0.25) is 0 Å². The quantitative estimate of drug-likeness (QED) is 0.586. The van der Waals surface area contributed by atoms with E-state index in [-0.39, 0.29) is 16.7 Å². The molecule has 1 aliphatic rings. The third-order valence-corrected chi connectivity index (χ3v) is 4.54. The molecule has 2 N–H and O–H groups in total. The summed E-state index contributed by atoms with van der Waals surface area (Å²) in [6.07, 6.45) is 0. The lowest BCUT2D eigenvalue weighted by molar-refractivity contribution is -0.123. The van der Waals surface area contributed by atoms with Crippen LogP contribution in [0.2, 0.25) is 0 Å². The maximum absolute atomic E-state index is 12.9. The van der Waals surface area contributed by atoms with Crippen LogP contribution in [0.3, 0.4) is 0 Å². The van der Waals surface area contributed by atoms with Crippen molar-refractivity contribution in [3.05, 3.63) is 64.2 Å². The summed E-state index contributed by atoms with van der Waals surface area (Å²) in [5, 5.41) is 4.15. The molecule has 0 saturated heterocycles. The molecule has 0 fully saturated rings. The van der Waals surface area contributed by atoms with Gasteiger partial charge >= 0.3 is 12.0 Å². The highest BCUT2D eigenvalue weighted by molar-refractivity contribution is 6.35. The van der Waals surface area contributed by atoms with Crippen molar-refractivity contribution in [1.29, 1.82) is 0 Å². The van der Waals surface area contributed by atoms with Crippen LogP contribution in [0.15, 0.2) is 36.4 Å². The summed E-state index contributed by atoms with van der Waals surface area (Å²) >= 11 is 0. The first-order valence-corrected chi connectivity index (χ1v) is 9.01. The van der Waals surface area contributed by atoms with Gasteiger partial charge in [-0.2, -0.15) is 0 Å². The molecule has 154 valence electrons. The number of hydrogen-bond donors (Lipinski definition) is 2. The van der Waals surface area contributed by atoms with E-state index in [1.54, 1.807) is 13.0 Å². The highest BCUT2D eigenvalue weighted by Gasteiger charge is 2.38. The first-order valence-electron chi connectivity index (χ1n) is 9.01. The summed E-state index contributed by atoms with van der Waals surface area (Å²) in [5.41, 5.74) is 2.39. The minimum atomic E-state index is -0.865. The number of amides is 5. The molecule has 9 heteroatoms. The SMILES string of the molecule is CNC(=O)NC(=O)COC(=O)c1ccc2c(c1)C(=O)N(c1cc(C)ccc1C)C2=O.